The summed E-state index contributed by atoms with van der Waals surface area (Å²) >= 11 is 8.69. The zero-order chi connectivity index (χ0) is 14.2. The first-order valence-corrected chi connectivity index (χ1v) is 6.16. The smallest absolute Gasteiger partial charge is 0.433 e. The molecule has 3 nitrogen and oxygen atoms in total. The second kappa shape index (κ2) is 5.05. The van der Waals surface area contributed by atoms with E-state index in [1.54, 1.807) is 12.1 Å². The highest BCUT2D eigenvalue weighted by atomic mass is 79.9. The number of benzene rings is 1. The minimum absolute atomic E-state index is 0.0729. The first-order valence-electron chi connectivity index (χ1n) is 4.99. The first kappa shape index (κ1) is 14.2. The second-order valence-electron chi connectivity index (χ2n) is 3.60. The molecule has 0 aliphatic rings. The number of aromatic nitrogens is 2. The van der Waals surface area contributed by atoms with Gasteiger partial charge in [0.1, 0.15) is 16.2 Å². The van der Waals surface area contributed by atoms with Crippen LogP contribution in [0.1, 0.15) is 5.69 Å². The summed E-state index contributed by atoms with van der Waals surface area (Å²) < 4.78 is 42.6. The Morgan fingerprint density at radius 3 is 2.53 bits per heavy atom. The molecule has 0 bridgehead atoms. The van der Waals surface area contributed by atoms with Crippen molar-refractivity contribution >= 4 is 27.5 Å². The van der Waals surface area contributed by atoms with Gasteiger partial charge >= 0.3 is 6.18 Å². The van der Waals surface area contributed by atoms with E-state index in [0.29, 0.717) is 16.3 Å². The van der Waals surface area contributed by atoms with Gasteiger partial charge in [-0.05, 0) is 34.1 Å². The van der Waals surface area contributed by atoms with Gasteiger partial charge in [0.2, 0.25) is 0 Å². The van der Waals surface area contributed by atoms with Crippen LogP contribution in [0.4, 0.5) is 13.2 Å². The van der Waals surface area contributed by atoms with E-state index in [2.05, 4.69) is 25.9 Å². The number of hydrogen-bond acceptors (Lipinski definition) is 2. The summed E-state index contributed by atoms with van der Waals surface area (Å²) in [4.78, 5) is 6.01. The number of halogens is 5. The van der Waals surface area contributed by atoms with Crippen molar-refractivity contribution in [1.29, 1.82) is 0 Å². The number of methoxy groups -OCH3 is 1. The molecule has 0 saturated heterocycles. The van der Waals surface area contributed by atoms with Crippen molar-refractivity contribution in [3.8, 4) is 17.1 Å². The maximum atomic E-state index is 12.6. The quantitative estimate of drug-likeness (QED) is 0.860. The van der Waals surface area contributed by atoms with Gasteiger partial charge in [0.25, 0.3) is 0 Å². The third kappa shape index (κ3) is 2.87. The van der Waals surface area contributed by atoms with Gasteiger partial charge in [0.05, 0.1) is 12.1 Å². The summed E-state index contributed by atoms with van der Waals surface area (Å²) in [6.45, 7) is 0. The van der Waals surface area contributed by atoms with Crippen molar-refractivity contribution in [2.75, 3.05) is 7.11 Å². The summed E-state index contributed by atoms with van der Waals surface area (Å²) in [6, 6.07) is 4.60. The molecule has 8 heteroatoms. The molecule has 0 fully saturated rings. The molecule has 1 aromatic carbocycles. The molecule has 2 rings (SSSR count). The van der Waals surface area contributed by atoms with Crippen LogP contribution in [0.15, 0.2) is 22.8 Å². The topological polar surface area (TPSA) is 37.9 Å². The van der Waals surface area contributed by atoms with E-state index in [0.717, 1.165) is 0 Å². The van der Waals surface area contributed by atoms with Crippen molar-refractivity contribution < 1.29 is 17.9 Å². The van der Waals surface area contributed by atoms with E-state index in [-0.39, 0.29) is 10.4 Å². The molecule has 0 radical (unpaired) electrons. The Balaban J connectivity index is 2.46. The standard InChI is InChI=1S/C11H7BrClF3N2O/c1-19-7-3-2-5(4-6(7)13)10-17-8(9(12)18-10)11(14,15)16/h2-4H,1H3,(H,17,18). The molecule has 0 aliphatic carbocycles. The Morgan fingerprint density at radius 2 is 2.05 bits per heavy atom. The molecule has 102 valence electrons. The molecule has 2 aromatic rings. The number of nitrogens with zero attached hydrogens (tertiary/aromatic N) is 1. The molecule has 0 aliphatic heterocycles. The largest absolute Gasteiger partial charge is 0.495 e. The lowest BCUT2D eigenvalue weighted by Crippen LogP contribution is -2.06. The summed E-state index contributed by atoms with van der Waals surface area (Å²) in [5.41, 5.74) is -0.503. The monoisotopic (exact) mass is 354 g/mol. The van der Waals surface area contributed by atoms with Crippen LogP contribution in [0.5, 0.6) is 5.75 Å². The Bertz CT molecular complexity index is 612. The van der Waals surface area contributed by atoms with Crippen molar-refractivity contribution in [3.63, 3.8) is 0 Å². The average Bonchev–Trinajstić information content (AvgIpc) is 2.71. The highest BCUT2D eigenvalue weighted by molar-refractivity contribution is 9.10. The van der Waals surface area contributed by atoms with Gasteiger partial charge in [0, 0.05) is 5.56 Å². The van der Waals surface area contributed by atoms with Crippen LogP contribution < -0.4 is 4.74 Å². The number of ether oxygens (including phenoxy) is 1. The molecule has 1 heterocycles. The van der Waals surface area contributed by atoms with Gasteiger partial charge in [-0.25, -0.2) is 4.98 Å². The maximum absolute atomic E-state index is 12.6. The lowest BCUT2D eigenvalue weighted by molar-refractivity contribution is -0.141. The lowest BCUT2D eigenvalue weighted by atomic mass is 10.2. The SMILES string of the molecule is COc1ccc(-c2nc(Br)c(C(F)(F)F)[nH]2)cc1Cl. The fourth-order valence-electron chi connectivity index (χ4n) is 1.49. The van der Waals surface area contributed by atoms with Crippen LogP contribution in [0.3, 0.4) is 0 Å². The van der Waals surface area contributed by atoms with Gasteiger partial charge in [-0.3, -0.25) is 0 Å². The molecule has 1 aromatic heterocycles. The van der Waals surface area contributed by atoms with Crippen LogP contribution in [0.25, 0.3) is 11.4 Å². The van der Waals surface area contributed by atoms with Crippen molar-refractivity contribution in [2.45, 2.75) is 6.18 Å². The summed E-state index contributed by atoms with van der Waals surface area (Å²) in [5, 5.41) is 0.293. The van der Waals surface area contributed by atoms with Gasteiger partial charge < -0.3 is 9.72 Å². The highest BCUT2D eigenvalue weighted by Crippen LogP contribution is 2.36. The van der Waals surface area contributed by atoms with E-state index in [4.69, 9.17) is 16.3 Å². The van der Waals surface area contributed by atoms with E-state index >= 15 is 0 Å². The van der Waals surface area contributed by atoms with Crippen molar-refractivity contribution in [1.82, 2.24) is 9.97 Å². The number of nitrogens with one attached hydrogen (secondary N) is 1. The molecule has 0 unspecified atom stereocenters. The number of rotatable bonds is 2. The predicted octanol–water partition coefficient (Wildman–Crippen LogP) is 4.52. The zero-order valence-electron chi connectivity index (χ0n) is 9.48. The average molecular weight is 356 g/mol. The maximum Gasteiger partial charge on any atom is 0.433 e. The molecule has 0 amide bonds. The van der Waals surface area contributed by atoms with E-state index in [1.807, 2.05) is 0 Å². The predicted molar refractivity (Wildman–Crippen MR) is 68.3 cm³/mol. The summed E-state index contributed by atoms with van der Waals surface area (Å²) in [5.74, 6) is 0.510. The van der Waals surface area contributed by atoms with Gasteiger partial charge in [0.15, 0.2) is 5.69 Å². The molecule has 1 N–H and O–H groups in total. The van der Waals surface area contributed by atoms with Crippen LogP contribution in [-0.4, -0.2) is 17.1 Å². The zero-order valence-corrected chi connectivity index (χ0v) is 11.8. The number of hydrogen-bond donors (Lipinski definition) is 1. The van der Waals surface area contributed by atoms with E-state index < -0.39 is 11.9 Å². The Hall–Kier alpha value is -1.21. The molecule has 19 heavy (non-hydrogen) atoms. The van der Waals surface area contributed by atoms with Crippen LogP contribution in [-0.2, 0) is 6.18 Å². The Labute approximate surface area is 119 Å². The number of H-pyrrole nitrogens is 1. The van der Waals surface area contributed by atoms with E-state index in [1.165, 1.54) is 13.2 Å². The van der Waals surface area contributed by atoms with Crippen LogP contribution >= 0.6 is 27.5 Å². The Morgan fingerprint density at radius 1 is 1.37 bits per heavy atom. The molecular weight excluding hydrogens is 348 g/mol. The number of imidazole rings is 1. The second-order valence-corrected chi connectivity index (χ2v) is 4.76. The Kier molecular flexibility index (Phi) is 3.78. The number of alkyl halides is 3. The van der Waals surface area contributed by atoms with Crippen molar-refractivity contribution in [3.05, 3.63) is 33.5 Å². The fraction of sp³-hybridized carbons (Fsp3) is 0.182. The van der Waals surface area contributed by atoms with Crippen LogP contribution in [0, 0.1) is 0 Å². The minimum atomic E-state index is -4.50. The fourth-order valence-corrected chi connectivity index (χ4v) is 2.25. The summed E-state index contributed by atoms with van der Waals surface area (Å²) in [7, 11) is 1.45. The van der Waals surface area contributed by atoms with E-state index in [9.17, 15) is 13.2 Å². The van der Waals surface area contributed by atoms with Crippen molar-refractivity contribution in [2.24, 2.45) is 0 Å². The van der Waals surface area contributed by atoms with Gasteiger partial charge in [-0.15, -0.1) is 0 Å². The first-order chi connectivity index (χ1) is 8.82. The normalized spacial score (nSPS) is 11.7. The number of aromatic amines is 1. The summed E-state index contributed by atoms with van der Waals surface area (Å²) in [6.07, 6.45) is -4.50. The van der Waals surface area contributed by atoms with Gasteiger partial charge in [-0.1, -0.05) is 11.6 Å². The molecular formula is C11H7BrClF3N2O. The lowest BCUT2D eigenvalue weighted by Gasteiger charge is -2.04. The molecule has 0 saturated carbocycles. The minimum Gasteiger partial charge on any atom is -0.495 e. The third-order valence-corrected chi connectivity index (χ3v) is 3.24. The van der Waals surface area contributed by atoms with Crippen LogP contribution in [0.2, 0.25) is 5.02 Å². The van der Waals surface area contributed by atoms with Gasteiger partial charge in [-0.2, -0.15) is 13.2 Å². The molecule has 0 atom stereocenters. The third-order valence-electron chi connectivity index (χ3n) is 2.37. The molecule has 0 spiro atoms. The highest BCUT2D eigenvalue weighted by Gasteiger charge is 2.36.